The predicted octanol–water partition coefficient (Wildman–Crippen LogP) is 2.70. The Kier molecular flexibility index (Phi) is 7.40. The van der Waals surface area contributed by atoms with Crippen molar-refractivity contribution < 1.29 is 9.72 Å². The summed E-state index contributed by atoms with van der Waals surface area (Å²) in [5, 5.41) is 14.9. The van der Waals surface area contributed by atoms with Gasteiger partial charge in [0.15, 0.2) is 0 Å². The molecule has 2 saturated heterocycles. The second kappa shape index (κ2) is 9.36. The SMILES string of the molecule is Cl.Cl.O=C(c1ccc(-n2ccnc2)c([N+](=O)[O-])c1)N1CC[C@@H]2CNC[C@@H]2CC1. The zero-order valence-corrected chi connectivity index (χ0v) is 16.8. The van der Waals surface area contributed by atoms with Gasteiger partial charge in [-0.3, -0.25) is 14.9 Å². The van der Waals surface area contributed by atoms with Gasteiger partial charge in [0.1, 0.15) is 5.69 Å². The normalized spacial score (nSPS) is 21.1. The Morgan fingerprint density at radius 1 is 1.18 bits per heavy atom. The zero-order valence-electron chi connectivity index (χ0n) is 15.2. The molecule has 2 aliphatic rings. The maximum atomic E-state index is 12.9. The fraction of sp³-hybridized carbons (Fsp3) is 0.444. The van der Waals surface area contributed by atoms with Crippen LogP contribution in [0.25, 0.3) is 5.69 Å². The van der Waals surface area contributed by atoms with E-state index in [0.717, 1.165) is 25.9 Å². The number of hydrogen-bond acceptors (Lipinski definition) is 5. The molecule has 28 heavy (non-hydrogen) atoms. The largest absolute Gasteiger partial charge is 0.339 e. The second-order valence-electron chi connectivity index (χ2n) is 6.98. The van der Waals surface area contributed by atoms with Crippen LogP contribution in [0.3, 0.4) is 0 Å². The number of rotatable bonds is 3. The van der Waals surface area contributed by atoms with Crippen LogP contribution in [-0.2, 0) is 0 Å². The Hall–Kier alpha value is -2.16. The summed E-state index contributed by atoms with van der Waals surface area (Å²) >= 11 is 0. The predicted molar refractivity (Wildman–Crippen MR) is 110 cm³/mol. The van der Waals surface area contributed by atoms with Crippen molar-refractivity contribution in [3.8, 4) is 5.69 Å². The van der Waals surface area contributed by atoms with Crippen LogP contribution in [0.4, 0.5) is 5.69 Å². The highest BCUT2D eigenvalue weighted by Crippen LogP contribution is 2.29. The number of amides is 1. The van der Waals surface area contributed by atoms with Gasteiger partial charge in [-0.2, -0.15) is 0 Å². The van der Waals surface area contributed by atoms with E-state index >= 15 is 0 Å². The van der Waals surface area contributed by atoms with E-state index in [2.05, 4.69) is 10.3 Å². The molecule has 0 radical (unpaired) electrons. The molecule has 4 rings (SSSR count). The smallest absolute Gasteiger partial charge is 0.294 e. The van der Waals surface area contributed by atoms with E-state index in [-0.39, 0.29) is 36.4 Å². The third-order valence-electron chi connectivity index (χ3n) is 5.51. The minimum atomic E-state index is -0.454. The van der Waals surface area contributed by atoms with E-state index in [1.54, 1.807) is 29.1 Å². The number of carbonyl (C=O) groups excluding carboxylic acids is 1. The van der Waals surface area contributed by atoms with Crippen LogP contribution < -0.4 is 5.32 Å². The Balaban J connectivity index is 0.00000140. The summed E-state index contributed by atoms with van der Waals surface area (Å²) in [6, 6.07) is 4.66. The van der Waals surface area contributed by atoms with Gasteiger partial charge in [0, 0.05) is 37.1 Å². The first-order valence-electron chi connectivity index (χ1n) is 8.90. The van der Waals surface area contributed by atoms with E-state index in [0.29, 0.717) is 36.2 Å². The van der Waals surface area contributed by atoms with Crippen molar-refractivity contribution in [2.75, 3.05) is 26.2 Å². The molecule has 152 valence electrons. The first kappa shape index (κ1) is 22.1. The van der Waals surface area contributed by atoms with Crippen molar-refractivity contribution in [2.45, 2.75) is 12.8 Å². The summed E-state index contributed by atoms with van der Waals surface area (Å²) < 4.78 is 1.58. The summed E-state index contributed by atoms with van der Waals surface area (Å²) in [5.41, 5.74) is 0.677. The van der Waals surface area contributed by atoms with Gasteiger partial charge in [0.05, 0.1) is 11.3 Å². The van der Waals surface area contributed by atoms with Gasteiger partial charge in [0.2, 0.25) is 0 Å². The van der Waals surface area contributed by atoms with Crippen LogP contribution in [0.2, 0.25) is 0 Å². The number of carbonyl (C=O) groups is 1. The monoisotopic (exact) mass is 427 g/mol. The zero-order chi connectivity index (χ0) is 18.1. The Morgan fingerprint density at radius 3 is 2.43 bits per heavy atom. The number of fused-ring (bicyclic) bond motifs is 1. The molecule has 1 aromatic carbocycles. The minimum absolute atomic E-state index is 0. The van der Waals surface area contributed by atoms with E-state index < -0.39 is 4.92 Å². The van der Waals surface area contributed by atoms with E-state index in [9.17, 15) is 14.9 Å². The van der Waals surface area contributed by atoms with Crippen molar-refractivity contribution in [3.63, 3.8) is 0 Å². The average molecular weight is 428 g/mol. The van der Waals surface area contributed by atoms with Crippen molar-refractivity contribution in [1.82, 2.24) is 19.8 Å². The summed E-state index contributed by atoms with van der Waals surface area (Å²) in [6.07, 6.45) is 6.68. The molecule has 8 nitrogen and oxygen atoms in total. The lowest BCUT2D eigenvalue weighted by Crippen LogP contribution is -2.32. The Bertz CT molecular complexity index is 817. The number of halogens is 2. The maximum Gasteiger partial charge on any atom is 0.294 e. The number of nitrogens with one attached hydrogen (secondary N) is 1. The highest BCUT2D eigenvalue weighted by Gasteiger charge is 2.32. The van der Waals surface area contributed by atoms with Crippen molar-refractivity contribution >= 4 is 36.4 Å². The van der Waals surface area contributed by atoms with Gasteiger partial charge in [-0.1, -0.05) is 0 Å². The number of hydrogen-bond donors (Lipinski definition) is 1. The van der Waals surface area contributed by atoms with Gasteiger partial charge in [-0.25, -0.2) is 4.98 Å². The molecule has 0 spiro atoms. The van der Waals surface area contributed by atoms with Gasteiger partial charge in [0.25, 0.3) is 11.6 Å². The minimum Gasteiger partial charge on any atom is -0.339 e. The molecule has 2 aromatic rings. The molecule has 0 unspecified atom stereocenters. The molecule has 0 saturated carbocycles. The molecule has 1 amide bonds. The molecule has 1 aromatic heterocycles. The lowest BCUT2D eigenvalue weighted by molar-refractivity contribution is -0.384. The first-order valence-corrected chi connectivity index (χ1v) is 8.90. The van der Waals surface area contributed by atoms with Crippen molar-refractivity contribution in [1.29, 1.82) is 0 Å². The average Bonchev–Trinajstić information content (AvgIpc) is 3.30. The summed E-state index contributed by atoms with van der Waals surface area (Å²) in [4.78, 5) is 29.7. The molecule has 2 aliphatic heterocycles. The number of nitro groups is 1. The number of nitrogens with zero attached hydrogens (tertiary/aromatic N) is 4. The van der Waals surface area contributed by atoms with Gasteiger partial charge >= 0.3 is 0 Å². The summed E-state index contributed by atoms with van der Waals surface area (Å²) in [6.45, 7) is 3.47. The fourth-order valence-electron chi connectivity index (χ4n) is 4.03. The Morgan fingerprint density at radius 2 is 1.86 bits per heavy atom. The molecule has 3 heterocycles. The molecule has 2 fully saturated rings. The summed E-state index contributed by atoms with van der Waals surface area (Å²) in [5.74, 6) is 1.13. The second-order valence-corrected chi connectivity index (χ2v) is 6.98. The summed E-state index contributed by atoms with van der Waals surface area (Å²) in [7, 11) is 0. The first-order chi connectivity index (χ1) is 12.6. The number of benzene rings is 1. The molecular weight excluding hydrogens is 405 g/mol. The molecule has 1 N–H and O–H groups in total. The highest BCUT2D eigenvalue weighted by molar-refractivity contribution is 5.95. The molecular formula is C18H23Cl2N5O3. The molecule has 10 heteroatoms. The van der Waals surface area contributed by atoms with Crippen LogP contribution in [0.1, 0.15) is 23.2 Å². The van der Waals surface area contributed by atoms with Crippen LogP contribution in [0, 0.1) is 22.0 Å². The number of likely N-dealkylation sites (tertiary alicyclic amines) is 1. The Labute approximate surface area is 175 Å². The lowest BCUT2D eigenvalue weighted by atomic mass is 9.92. The number of imidazole rings is 1. The van der Waals surface area contributed by atoms with Gasteiger partial charge < -0.3 is 14.8 Å². The van der Waals surface area contributed by atoms with Crippen molar-refractivity contribution in [2.24, 2.45) is 11.8 Å². The van der Waals surface area contributed by atoms with Gasteiger partial charge in [-0.05, 0) is 49.9 Å². The van der Waals surface area contributed by atoms with Crippen LogP contribution in [0.15, 0.2) is 36.9 Å². The van der Waals surface area contributed by atoms with E-state index in [1.807, 2.05) is 4.90 Å². The quantitative estimate of drug-likeness (QED) is 0.600. The highest BCUT2D eigenvalue weighted by atomic mass is 35.5. The van der Waals surface area contributed by atoms with Gasteiger partial charge in [-0.15, -0.1) is 24.8 Å². The molecule has 0 aliphatic carbocycles. The fourth-order valence-corrected chi connectivity index (χ4v) is 4.03. The lowest BCUT2D eigenvalue weighted by Gasteiger charge is -2.21. The maximum absolute atomic E-state index is 12.9. The third-order valence-corrected chi connectivity index (χ3v) is 5.51. The standard InChI is InChI=1S/C18H21N5O3.2ClH/c24-18(21-6-3-14-10-20-11-15(14)4-7-21)13-1-2-16(17(9-13)23(25)26)22-8-5-19-12-22;;/h1-2,5,8-9,12,14-15,20H,3-4,6-7,10-11H2;2*1H/t14-,15+;;. The van der Waals surface area contributed by atoms with E-state index in [4.69, 9.17) is 0 Å². The van der Waals surface area contributed by atoms with E-state index in [1.165, 1.54) is 12.4 Å². The number of nitro benzene ring substituents is 1. The molecule has 2 atom stereocenters. The molecule has 0 bridgehead atoms. The number of aromatic nitrogens is 2. The topological polar surface area (TPSA) is 93.3 Å². The van der Waals surface area contributed by atoms with Crippen LogP contribution in [-0.4, -0.2) is 51.5 Å². The van der Waals surface area contributed by atoms with Crippen LogP contribution in [0.5, 0.6) is 0 Å². The van der Waals surface area contributed by atoms with Crippen molar-refractivity contribution in [3.05, 3.63) is 52.6 Å². The third kappa shape index (κ3) is 4.29. The van der Waals surface area contributed by atoms with Crippen LogP contribution >= 0.6 is 24.8 Å².